The summed E-state index contributed by atoms with van der Waals surface area (Å²) in [6, 6.07) is 15.8. The minimum atomic E-state index is -1.43. The van der Waals surface area contributed by atoms with Gasteiger partial charge in [-0.05, 0) is 33.0 Å². The van der Waals surface area contributed by atoms with Gasteiger partial charge in [0.2, 0.25) is 0 Å². The molecule has 4 rings (SSSR count). The molecule has 0 saturated carbocycles. The van der Waals surface area contributed by atoms with Gasteiger partial charge in [0, 0.05) is 5.39 Å². The Hall–Kier alpha value is -2.55. The van der Waals surface area contributed by atoms with Crippen molar-refractivity contribution in [2.75, 3.05) is 0 Å². The second-order valence-electron chi connectivity index (χ2n) is 5.03. The summed E-state index contributed by atoms with van der Waals surface area (Å²) in [5, 5.41) is 3.96. The van der Waals surface area contributed by atoms with Crippen LogP contribution in [0.4, 0.5) is 13.2 Å². The van der Waals surface area contributed by atoms with Crippen LogP contribution in [0.25, 0.3) is 32.3 Å². The van der Waals surface area contributed by atoms with Crippen molar-refractivity contribution in [2.24, 2.45) is 0 Å². The van der Waals surface area contributed by atoms with Crippen LogP contribution in [0, 0.1) is 17.5 Å². The zero-order valence-corrected chi connectivity index (χ0v) is 10.8. The van der Waals surface area contributed by atoms with E-state index in [0.29, 0.717) is 5.39 Å². The van der Waals surface area contributed by atoms with Crippen LogP contribution in [-0.4, -0.2) is 0 Å². The molecule has 21 heavy (non-hydrogen) atoms. The Labute approximate surface area is 118 Å². The molecule has 0 saturated heterocycles. The van der Waals surface area contributed by atoms with Crippen LogP contribution in [0.5, 0.6) is 0 Å². The predicted octanol–water partition coefficient (Wildman–Crippen LogP) is 5.56. The van der Waals surface area contributed by atoms with E-state index < -0.39 is 17.5 Å². The SMILES string of the molecule is Fc1cc2c(ccc3ccc4ccccc4c32)c(F)c1F. The van der Waals surface area contributed by atoms with Gasteiger partial charge in [-0.3, -0.25) is 0 Å². The van der Waals surface area contributed by atoms with Crippen LogP contribution in [0.1, 0.15) is 0 Å². The molecule has 102 valence electrons. The Bertz CT molecular complexity index is 1020. The highest BCUT2D eigenvalue weighted by Gasteiger charge is 2.15. The molecule has 4 aromatic carbocycles. The quantitative estimate of drug-likeness (QED) is 0.292. The van der Waals surface area contributed by atoms with Crippen molar-refractivity contribution < 1.29 is 13.2 Å². The molecule has 4 aromatic rings. The van der Waals surface area contributed by atoms with Gasteiger partial charge in [-0.15, -0.1) is 0 Å². The molecule has 0 aliphatic heterocycles. The fraction of sp³-hybridized carbons (Fsp3) is 0. The lowest BCUT2D eigenvalue weighted by molar-refractivity contribution is 0.453. The zero-order valence-electron chi connectivity index (χ0n) is 10.8. The van der Waals surface area contributed by atoms with Crippen molar-refractivity contribution in [3.05, 3.63) is 72.0 Å². The van der Waals surface area contributed by atoms with E-state index in [0.717, 1.165) is 27.6 Å². The number of hydrogen-bond acceptors (Lipinski definition) is 0. The molecule has 0 fully saturated rings. The van der Waals surface area contributed by atoms with Crippen LogP contribution in [0.3, 0.4) is 0 Å². The molecule has 0 radical (unpaired) electrons. The average molecular weight is 282 g/mol. The maximum Gasteiger partial charge on any atom is 0.195 e. The number of fused-ring (bicyclic) bond motifs is 5. The number of benzene rings is 4. The molecule has 0 atom stereocenters. The van der Waals surface area contributed by atoms with E-state index in [1.165, 1.54) is 6.07 Å². The van der Waals surface area contributed by atoms with Crippen molar-refractivity contribution in [3.63, 3.8) is 0 Å². The van der Waals surface area contributed by atoms with E-state index in [9.17, 15) is 13.2 Å². The Morgan fingerprint density at radius 2 is 1.29 bits per heavy atom. The third-order valence-corrected chi connectivity index (χ3v) is 3.86. The molecule has 0 amide bonds. The van der Waals surface area contributed by atoms with Crippen LogP contribution in [-0.2, 0) is 0 Å². The molecule has 0 unspecified atom stereocenters. The molecular formula is C18H9F3. The summed E-state index contributed by atoms with van der Waals surface area (Å²) in [5.41, 5.74) is 0. The first kappa shape index (κ1) is 12.2. The topological polar surface area (TPSA) is 0 Å². The second kappa shape index (κ2) is 4.22. The fourth-order valence-electron chi connectivity index (χ4n) is 2.88. The predicted molar refractivity (Wildman–Crippen MR) is 78.8 cm³/mol. The van der Waals surface area contributed by atoms with E-state index in [2.05, 4.69) is 0 Å². The summed E-state index contributed by atoms with van der Waals surface area (Å²) in [7, 11) is 0. The van der Waals surface area contributed by atoms with Crippen LogP contribution in [0.15, 0.2) is 54.6 Å². The molecule has 3 heteroatoms. The minimum Gasteiger partial charge on any atom is -0.204 e. The third-order valence-electron chi connectivity index (χ3n) is 3.86. The highest BCUT2D eigenvalue weighted by molar-refractivity contribution is 6.20. The molecular weight excluding hydrogens is 273 g/mol. The van der Waals surface area contributed by atoms with Crippen molar-refractivity contribution in [2.45, 2.75) is 0 Å². The van der Waals surface area contributed by atoms with E-state index >= 15 is 0 Å². The molecule has 0 bridgehead atoms. The molecule has 0 heterocycles. The standard InChI is InChI=1S/C18H9F3/c19-15-9-14-13(17(20)18(15)21)8-7-11-6-5-10-3-1-2-4-12(10)16(11)14/h1-9H. The van der Waals surface area contributed by atoms with Crippen LogP contribution < -0.4 is 0 Å². The van der Waals surface area contributed by atoms with Crippen LogP contribution in [0.2, 0.25) is 0 Å². The monoisotopic (exact) mass is 282 g/mol. The minimum absolute atomic E-state index is 0.0951. The van der Waals surface area contributed by atoms with Crippen molar-refractivity contribution in [1.82, 2.24) is 0 Å². The summed E-state index contributed by atoms with van der Waals surface area (Å²) in [4.78, 5) is 0. The molecule has 0 aliphatic rings. The maximum absolute atomic E-state index is 14.0. The van der Waals surface area contributed by atoms with Gasteiger partial charge in [0.15, 0.2) is 17.5 Å². The lowest BCUT2D eigenvalue weighted by Crippen LogP contribution is -1.93. The molecule has 0 aliphatic carbocycles. The van der Waals surface area contributed by atoms with Crippen molar-refractivity contribution in [1.29, 1.82) is 0 Å². The lowest BCUT2D eigenvalue weighted by atomic mass is 9.96. The summed E-state index contributed by atoms with van der Waals surface area (Å²) < 4.78 is 41.0. The fourth-order valence-corrected chi connectivity index (χ4v) is 2.88. The summed E-state index contributed by atoms with van der Waals surface area (Å²) >= 11 is 0. The van der Waals surface area contributed by atoms with Gasteiger partial charge < -0.3 is 0 Å². The molecule has 0 nitrogen and oxygen atoms in total. The molecule has 0 spiro atoms. The lowest BCUT2D eigenvalue weighted by Gasteiger charge is -2.09. The van der Waals surface area contributed by atoms with Crippen molar-refractivity contribution in [3.8, 4) is 0 Å². The highest BCUT2D eigenvalue weighted by Crippen LogP contribution is 2.34. The average Bonchev–Trinajstić information content (AvgIpc) is 2.52. The maximum atomic E-state index is 14.0. The van der Waals surface area contributed by atoms with Gasteiger partial charge in [-0.1, -0.05) is 48.5 Å². The van der Waals surface area contributed by atoms with Gasteiger partial charge in [0.05, 0.1) is 0 Å². The zero-order chi connectivity index (χ0) is 14.6. The third kappa shape index (κ3) is 1.64. The molecule has 0 aromatic heterocycles. The van der Waals surface area contributed by atoms with Gasteiger partial charge in [-0.2, -0.15) is 0 Å². The number of rotatable bonds is 0. The van der Waals surface area contributed by atoms with Gasteiger partial charge >= 0.3 is 0 Å². The van der Waals surface area contributed by atoms with E-state index in [-0.39, 0.29) is 5.39 Å². The largest absolute Gasteiger partial charge is 0.204 e. The van der Waals surface area contributed by atoms with Gasteiger partial charge in [0.25, 0.3) is 0 Å². The first-order chi connectivity index (χ1) is 10.2. The Balaban J connectivity index is 2.35. The first-order valence-electron chi connectivity index (χ1n) is 6.54. The van der Waals surface area contributed by atoms with Gasteiger partial charge in [-0.25, -0.2) is 13.2 Å². The van der Waals surface area contributed by atoms with E-state index in [1.54, 1.807) is 6.07 Å². The Morgan fingerprint density at radius 3 is 2.14 bits per heavy atom. The normalized spacial score (nSPS) is 11.6. The summed E-state index contributed by atoms with van der Waals surface area (Å²) in [6.45, 7) is 0. The Morgan fingerprint density at radius 1 is 0.571 bits per heavy atom. The Kier molecular flexibility index (Phi) is 2.45. The van der Waals surface area contributed by atoms with Gasteiger partial charge in [0.1, 0.15) is 0 Å². The number of hydrogen-bond donors (Lipinski definition) is 0. The van der Waals surface area contributed by atoms with Crippen LogP contribution >= 0.6 is 0 Å². The molecule has 0 N–H and O–H groups in total. The van der Waals surface area contributed by atoms with E-state index in [1.807, 2.05) is 36.4 Å². The van der Waals surface area contributed by atoms with Crippen molar-refractivity contribution >= 4 is 32.3 Å². The summed E-state index contributed by atoms with van der Waals surface area (Å²) in [6.07, 6.45) is 0. The number of halogens is 3. The first-order valence-corrected chi connectivity index (χ1v) is 6.54. The highest BCUT2D eigenvalue weighted by atomic mass is 19.2. The second-order valence-corrected chi connectivity index (χ2v) is 5.03. The summed E-state index contributed by atoms with van der Waals surface area (Å²) in [5.74, 6) is -3.73. The smallest absolute Gasteiger partial charge is 0.195 e. The van der Waals surface area contributed by atoms with E-state index in [4.69, 9.17) is 0 Å².